The van der Waals surface area contributed by atoms with Crippen LogP contribution in [0.2, 0.25) is 20.1 Å². The normalized spacial score (nSPS) is 27.5. The predicted octanol–water partition coefficient (Wildman–Crippen LogP) is 10.7. The molecule has 52 heavy (non-hydrogen) atoms. The van der Waals surface area contributed by atoms with Gasteiger partial charge < -0.3 is 10.6 Å². The maximum atomic E-state index is 13.4. The summed E-state index contributed by atoms with van der Waals surface area (Å²) in [5, 5.41) is 8.44. The van der Waals surface area contributed by atoms with Crippen molar-refractivity contribution in [3.05, 3.63) is 127 Å². The van der Waals surface area contributed by atoms with Crippen LogP contribution in [-0.2, 0) is 30.0 Å². The number of carbonyl (C=O) groups excluding carboxylic acids is 4. The average Bonchev–Trinajstić information content (AvgIpc) is 3.55. The average molecular weight is 777 g/mol. The monoisotopic (exact) mass is 774 g/mol. The Balaban J connectivity index is 0.000000162. The molecule has 0 radical (unpaired) electrons. The minimum atomic E-state index is -0.771. The molecule has 4 aromatic carbocycles. The molecule has 2 fully saturated rings. The topological polar surface area (TPSA) is 92.3 Å². The lowest BCUT2D eigenvalue weighted by Crippen LogP contribution is -2.51. The van der Waals surface area contributed by atoms with Crippen molar-refractivity contribution in [1.29, 1.82) is 0 Å². The lowest BCUT2D eigenvalue weighted by Gasteiger charge is -2.45. The number of nitrogens with one attached hydrogen (secondary N) is 2. The van der Waals surface area contributed by atoms with Crippen molar-refractivity contribution in [2.45, 2.75) is 75.0 Å². The molecule has 10 heteroatoms. The molecule has 0 unspecified atom stereocenters. The van der Waals surface area contributed by atoms with Crippen LogP contribution in [0.4, 0.5) is 11.4 Å². The largest absolute Gasteiger partial charge is 0.325 e. The first-order valence-corrected chi connectivity index (χ1v) is 19.2. The summed E-state index contributed by atoms with van der Waals surface area (Å²) < 4.78 is 0. The third-order valence-electron chi connectivity index (χ3n) is 11.8. The second kappa shape index (κ2) is 14.3. The van der Waals surface area contributed by atoms with Crippen LogP contribution in [0.25, 0.3) is 0 Å². The first kappa shape index (κ1) is 36.7. The van der Waals surface area contributed by atoms with Gasteiger partial charge in [-0.1, -0.05) is 109 Å². The van der Waals surface area contributed by atoms with Gasteiger partial charge in [0.1, 0.15) is 11.6 Å². The van der Waals surface area contributed by atoms with Crippen molar-refractivity contribution in [2.24, 2.45) is 11.8 Å². The number of halogens is 4. The molecule has 2 N–H and O–H groups in total. The number of hydrogen-bond donors (Lipinski definition) is 2. The second-order valence-corrected chi connectivity index (χ2v) is 16.1. The molecule has 2 aliphatic heterocycles. The summed E-state index contributed by atoms with van der Waals surface area (Å²) in [6.45, 7) is 4.09. The molecule has 4 aliphatic rings. The highest BCUT2D eigenvalue weighted by atomic mass is 35.5. The molecule has 2 saturated carbocycles. The molecular formula is C42H38Cl4N2O4. The SMILES string of the molecule is CC[C@@H]1CC(=O)C[C@@H](c2cccc(Cl)c2)[C@]12C(=O)Nc1cc(Cl)ccc12.CC[C@H]1CC(=O)C[C@@H](c2cccc(Cl)c2)[C@]12C(=O)Nc1cc(Cl)ccc12. The molecule has 2 aliphatic carbocycles. The van der Waals surface area contributed by atoms with Crippen molar-refractivity contribution in [1.82, 2.24) is 0 Å². The van der Waals surface area contributed by atoms with E-state index in [1.165, 1.54) is 0 Å². The summed E-state index contributed by atoms with van der Waals surface area (Å²) >= 11 is 24.7. The van der Waals surface area contributed by atoms with Crippen molar-refractivity contribution >= 4 is 81.2 Å². The number of Topliss-reactive ketones (excluding diaryl/α,β-unsaturated/α-hetero) is 2. The zero-order chi connectivity index (χ0) is 36.9. The van der Waals surface area contributed by atoms with Crippen LogP contribution in [0.5, 0.6) is 0 Å². The second-order valence-electron chi connectivity index (χ2n) is 14.3. The maximum absolute atomic E-state index is 13.4. The van der Waals surface area contributed by atoms with Gasteiger partial charge in [0.2, 0.25) is 11.8 Å². The van der Waals surface area contributed by atoms with Gasteiger partial charge in [0, 0.05) is 69.0 Å². The predicted molar refractivity (Wildman–Crippen MR) is 208 cm³/mol. The lowest BCUT2D eigenvalue weighted by molar-refractivity contribution is -0.132. The number of rotatable bonds is 4. The highest BCUT2D eigenvalue weighted by Crippen LogP contribution is 2.59. The van der Waals surface area contributed by atoms with Crippen molar-refractivity contribution in [3.8, 4) is 0 Å². The molecule has 6 nitrogen and oxygen atoms in total. The Morgan fingerprint density at radius 1 is 0.538 bits per heavy atom. The Hall–Kier alpha value is -3.68. The molecule has 0 saturated heterocycles. The molecular weight excluding hydrogens is 738 g/mol. The third-order valence-corrected chi connectivity index (χ3v) is 12.7. The molecule has 0 aromatic heterocycles. The van der Waals surface area contributed by atoms with Gasteiger partial charge in [0.25, 0.3) is 0 Å². The molecule has 6 atom stereocenters. The number of amides is 2. The molecule has 2 amide bonds. The van der Waals surface area contributed by atoms with Crippen molar-refractivity contribution < 1.29 is 19.2 Å². The molecule has 2 spiro atoms. The van der Waals surface area contributed by atoms with Crippen molar-refractivity contribution in [2.75, 3.05) is 10.6 Å². The molecule has 0 bridgehead atoms. The Morgan fingerprint density at radius 3 is 1.29 bits per heavy atom. The summed E-state index contributed by atoms with van der Waals surface area (Å²) in [4.78, 5) is 51.8. The van der Waals surface area contributed by atoms with Crippen LogP contribution in [0.1, 0.15) is 86.5 Å². The van der Waals surface area contributed by atoms with E-state index >= 15 is 0 Å². The van der Waals surface area contributed by atoms with E-state index < -0.39 is 10.8 Å². The van der Waals surface area contributed by atoms with E-state index in [-0.39, 0.29) is 47.1 Å². The number of anilines is 2. The zero-order valence-electron chi connectivity index (χ0n) is 28.8. The lowest BCUT2D eigenvalue weighted by atomic mass is 9.54. The van der Waals surface area contributed by atoms with Crippen LogP contribution >= 0.6 is 46.4 Å². The maximum Gasteiger partial charge on any atom is 0.236 e. The van der Waals surface area contributed by atoms with E-state index in [2.05, 4.69) is 10.6 Å². The van der Waals surface area contributed by atoms with E-state index in [1.807, 2.05) is 86.6 Å². The summed E-state index contributed by atoms with van der Waals surface area (Å²) in [6, 6.07) is 26.1. The van der Waals surface area contributed by atoms with Gasteiger partial charge in [-0.15, -0.1) is 0 Å². The number of carbonyl (C=O) groups is 4. The molecule has 8 rings (SSSR count). The number of fused-ring (bicyclic) bond motifs is 4. The van der Waals surface area contributed by atoms with Crippen LogP contribution in [0.3, 0.4) is 0 Å². The minimum absolute atomic E-state index is 0.0425. The standard InChI is InChI=1S/2C21H19Cl2NO2/c2*1-2-13-9-16(25)11-18(12-4-3-5-14(22)8-12)21(13)17-7-6-15(23)10-19(17)24-20(21)26/h2*3-8,10,13,18H,2,9,11H2,1H3,(H,24,26)/t13-,18+,21+;13-,18-,21-/m10/s1. The zero-order valence-corrected chi connectivity index (χ0v) is 31.8. The van der Waals surface area contributed by atoms with E-state index in [1.54, 1.807) is 12.1 Å². The fourth-order valence-electron chi connectivity index (χ4n) is 9.69. The Bertz CT molecular complexity index is 1970. The van der Waals surface area contributed by atoms with Gasteiger partial charge in [-0.25, -0.2) is 0 Å². The summed E-state index contributed by atoms with van der Waals surface area (Å²) in [5.74, 6) is -0.293. The Labute approximate surface area is 323 Å². The van der Waals surface area contributed by atoms with Gasteiger partial charge in [0.15, 0.2) is 0 Å². The van der Waals surface area contributed by atoms with E-state index in [0.29, 0.717) is 45.8 Å². The van der Waals surface area contributed by atoms with Gasteiger partial charge in [-0.05, 0) is 82.6 Å². The highest BCUT2D eigenvalue weighted by molar-refractivity contribution is 6.32. The smallest absolute Gasteiger partial charge is 0.236 e. The van der Waals surface area contributed by atoms with E-state index in [9.17, 15) is 19.2 Å². The van der Waals surface area contributed by atoms with E-state index in [4.69, 9.17) is 46.4 Å². The van der Waals surface area contributed by atoms with Crippen LogP contribution in [-0.4, -0.2) is 23.4 Å². The molecule has 268 valence electrons. The highest BCUT2D eigenvalue weighted by Gasteiger charge is 2.61. The van der Waals surface area contributed by atoms with Gasteiger partial charge in [0.05, 0.1) is 10.8 Å². The van der Waals surface area contributed by atoms with Crippen LogP contribution in [0.15, 0.2) is 84.9 Å². The molecule has 4 aromatic rings. The first-order valence-electron chi connectivity index (χ1n) is 17.7. The van der Waals surface area contributed by atoms with Gasteiger partial charge in [-0.2, -0.15) is 0 Å². The number of benzene rings is 4. The number of ketones is 2. The fourth-order valence-corrected chi connectivity index (χ4v) is 10.4. The van der Waals surface area contributed by atoms with Gasteiger partial charge in [-0.3, -0.25) is 19.2 Å². The third kappa shape index (κ3) is 5.96. The minimum Gasteiger partial charge on any atom is -0.325 e. The molecule has 2 heterocycles. The Morgan fingerprint density at radius 2 is 0.923 bits per heavy atom. The van der Waals surface area contributed by atoms with Crippen LogP contribution < -0.4 is 10.6 Å². The number of hydrogen-bond acceptors (Lipinski definition) is 4. The van der Waals surface area contributed by atoms with E-state index in [0.717, 1.165) is 46.5 Å². The first-order chi connectivity index (χ1) is 24.9. The summed E-state index contributed by atoms with van der Waals surface area (Å²) in [5.41, 5.74) is 3.71. The summed E-state index contributed by atoms with van der Waals surface area (Å²) in [6.07, 6.45) is 3.02. The Kier molecular flexibility index (Phi) is 10.1. The van der Waals surface area contributed by atoms with Crippen LogP contribution in [0, 0.1) is 11.8 Å². The van der Waals surface area contributed by atoms with Gasteiger partial charge >= 0.3 is 0 Å². The quantitative estimate of drug-likeness (QED) is 0.216. The van der Waals surface area contributed by atoms with Crippen molar-refractivity contribution in [3.63, 3.8) is 0 Å². The fraction of sp³-hybridized carbons (Fsp3) is 0.333. The summed E-state index contributed by atoms with van der Waals surface area (Å²) in [7, 11) is 0.